The van der Waals surface area contributed by atoms with Crippen LogP contribution in [0.5, 0.6) is 0 Å². The Bertz CT molecular complexity index is 391. The number of carboxylic acid groups (broad SMARTS) is 1. The number of carbonyl (C=O) groups is 1. The molecule has 8 atom stereocenters. The van der Waals surface area contributed by atoms with Gasteiger partial charge in [-0.1, -0.05) is 0 Å². The first-order valence-corrected chi connectivity index (χ1v) is 7.43. The van der Waals surface area contributed by atoms with Gasteiger partial charge in [-0.25, -0.2) is 0 Å². The third-order valence-electron chi connectivity index (χ3n) is 7.47. The van der Waals surface area contributed by atoms with Gasteiger partial charge in [-0.3, -0.25) is 4.79 Å². The molecule has 0 aliphatic heterocycles. The Balaban J connectivity index is 1.73. The maximum Gasteiger partial charge on any atom is 0.310 e. The van der Waals surface area contributed by atoms with Crippen LogP contribution < -0.4 is 0 Å². The third kappa shape index (κ3) is 0.821. The van der Waals surface area contributed by atoms with Crippen molar-refractivity contribution in [2.24, 2.45) is 46.8 Å². The second kappa shape index (κ2) is 2.57. The van der Waals surface area contributed by atoms with E-state index in [9.17, 15) is 9.90 Å². The monoisotopic (exact) mass is 232 g/mol. The fraction of sp³-hybridized carbons (Fsp3) is 0.933. The molecule has 92 valence electrons. The Labute approximate surface area is 102 Å². The van der Waals surface area contributed by atoms with E-state index >= 15 is 0 Å². The van der Waals surface area contributed by atoms with Gasteiger partial charge in [0.15, 0.2) is 0 Å². The SMILES string of the molecule is O=C(O)C12CC3C[C@@H]4C5CC(C[C@@H]1[C@H]5C3)C[C@@H]42. The molecule has 7 rings (SSSR count). The summed E-state index contributed by atoms with van der Waals surface area (Å²) in [5, 5.41) is 9.89. The van der Waals surface area contributed by atoms with E-state index in [2.05, 4.69) is 0 Å². The molecule has 2 nitrogen and oxygen atoms in total. The highest BCUT2D eigenvalue weighted by Gasteiger charge is 2.72. The fourth-order valence-corrected chi connectivity index (χ4v) is 7.36. The standard InChI is InChI=1S/C15H20O2/c16-14(17)15-6-8-2-10-9-1-7(4-12(10)15)5-13(15)11(9)3-8/h7-13H,1-6H2,(H,16,17)/t7?,8?,9?,10-,11+,12+,13-,15?. The topological polar surface area (TPSA) is 37.3 Å². The van der Waals surface area contributed by atoms with E-state index in [1.807, 2.05) is 0 Å². The zero-order valence-corrected chi connectivity index (χ0v) is 10.1. The van der Waals surface area contributed by atoms with Crippen molar-refractivity contribution in [3.63, 3.8) is 0 Å². The summed E-state index contributed by atoms with van der Waals surface area (Å²) in [6.45, 7) is 0. The van der Waals surface area contributed by atoms with E-state index < -0.39 is 5.97 Å². The Hall–Kier alpha value is -0.530. The molecule has 7 fully saturated rings. The van der Waals surface area contributed by atoms with Crippen LogP contribution in [0.4, 0.5) is 0 Å². The first kappa shape index (κ1) is 9.41. The maximum absolute atomic E-state index is 12.0. The zero-order valence-electron chi connectivity index (χ0n) is 10.1. The molecule has 8 bridgehead atoms. The van der Waals surface area contributed by atoms with Gasteiger partial charge in [0.1, 0.15) is 0 Å². The molecule has 0 aromatic rings. The first-order chi connectivity index (χ1) is 8.20. The molecule has 0 aromatic carbocycles. The van der Waals surface area contributed by atoms with Crippen LogP contribution in [0, 0.1) is 46.8 Å². The zero-order chi connectivity index (χ0) is 11.4. The third-order valence-corrected chi connectivity index (χ3v) is 7.47. The van der Waals surface area contributed by atoms with Crippen molar-refractivity contribution in [3.8, 4) is 0 Å². The molecule has 7 saturated carbocycles. The molecule has 17 heavy (non-hydrogen) atoms. The van der Waals surface area contributed by atoms with Crippen molar-refractivity contribution in [3.05, 3.63) is 0 Å². The molecule has 0 spiro atoms. The van der Waals surface area contributed by atoms with Crippen molar-refractivity contribution in [1.29, 1.82) is 0 Å². The van der Waals surface area contributed by atoms with Crippen LogP contribution in [-0.2, 0) is 4.79 Å². The lowest BCUT2D eigenvalue weighted by atomic mass is 9.31. The van der Waals surface area contributed by atoms with Gasteiger partial charge in [0.25, 0.3) is 0 Å². The molecule has 2 heteroatoms. The molecule has 0 aromatic heterocycles. The second-order valence-corrected chi connectivity index (χ2v) is 7.66. The van der Waals surface area contributed by atoms with E-state index in [4.69, 9.17) is 0 Å². The molecule has 0 saturated heterocycles. The summed E-state index contributed by atoms with van der Waals surface area (Å²) in [6.07, 6.45) is 7.74. The molecule has 1 N–H and O–H groups in total. The lowest BCUT2D eigenvalue weighted by Crippen LogP contribution is -2.69. The van der Waals surface area contributed by atoms with Crippen molar-refractivity contribution >= 4 is 5.97 Å². The molecule has 7 aliphatic carbocycles. The van der Waals surface area contributed by atoms with Gasteiger partial charge in [-0.15, -0.1) is 0 Å². The van der Waals surface area contributed by atoms with E-state index in [0.717, 1.165) is 36.0 Å². The first-order valence-electron chi connectivity index (χ1n) is 7.43. The molecular formula is C15H20O2. The smallest absolute Gasteiger partial charge is 0.310 e. The Kier molecular flexibility index (Phi) is 1.42. The summed E-state index contributed by atoms with van der Waals surface area (Å²) >= 11 is 0. The van der Waals surface area contributed by atoms with Gasteiger partial charge in [0, 0.05) is 0 Å². The number of carboxylic acids is 1. The minimum atomic E-state index is -0.425. The Morgan fingerprint density at radius 3 is 2.06 bits per heavy atom. The number of aliphatic carboxylic acids is 1. The fourth-order valence-electron chi connectivity index (χ4n) is 7.36. The van der Waals surface area contributed by atoms with Crippen molar-refractivity contribution in [2.75, 3.05) is 0 Å². The Morgan fingerprint density at radius 1 is 0.882 bits per heavy atom. The predicted octanol–water partition coefficient (Wildman–Crippen LogP) is 2.78. The molecule has 0 heterocycles. The minimum Gasteiger partial charge on any atom is -0.481 e. The average molecular weight is 232 g/mol. The van der Waals surface area contributed by atoms with Gasteiger partial charge in [0.2, 0.25) is 0 Å². The van der Waals surface area contributed by atoms with Crippen LogP contribution in [0.25, 0.3) is 0 Å². The molecule has 0 radical (unpaired) electrons. The highest BCUT2D eigenvalue weighted by molar-refractivity contribution is 5.77. The van der Waals surface area contributed by atoms with E-state index in [1.165, 1.54) is 32.1 Å². The quantitative estimate of drug-likeness (QED) is 0.754. The molecule has 4 unspecified atom stereocenters. The number of hydrogen-bond donors (Lipinski definition) is 1. The van der Waals surface area contributed by atoms with Crippen LogP contribution in [0.15, 0.2) is 0 Å². The summed E-state index contributed by atoms with van der Waals surface area (Å²) in [5.41, 5.74) is -0.260. The maximum atomic E-state index is 12.0. The largest absolute Gasteiger partial charge is 0.481 e. The van der Waals surface area contributed by atoms with Crippen LogP contribution in [0.1, 0.15) is 38.5 Å². The van der Waals surface area contributed by atoms with E-state index in [-0.39, 0.29) is 5.41 Å². The summed E-state index contributed by atoms with van der Waals surface area (Å²) in [6, 6.07) is 0. The lowest BCUT2D eigenvalue weighted by Gasteiger charge is -2.73. The molecule has 0 amide bonds. The van der Waals surface area contributed by atoms with Gasteiger partial charge in [-0.05, 0) is 80.0 Å². The predicted molar refractivity (Wildman–Crippen MR) is 62.2 cm³/mol. The van der Waals surface area contributed by atoms with Crippen molar-refractivity contribution in [1.82, 2.24) is 0 Å². The minimum absolute atomic E-state index is 0.260. The second-order valence-electron chi connectivity index (χ2n) is 7.66. The molecular weight excluding hydrogens is 212 g/mol. The normalized spacial score (nSPS) is 65.5. The summed E-state index contributed by atoms with van der Waals surface area (Å²) < 4.78 is 0. The van der Waals surface area contributed by atoms with Gasteiger partial charge < -0.3 is 5.11 Å². The lowest BCUT2D eigenvalue weighted by molar-refractivity contribution is -0.256. The van der Waals surface area contributed by atoms with Gasteiger partial charge in [0.05, 0.1) is 5.41 Å². The highest BCUT2D eigenvalue weighted by Crippen LogP contribution is 2.75. The van der Waals surface area contributed by atoms with E-state index in [1.54, 1.807) is 0 Å². The van der Waals surface area contributed by atoms with Gasteiger partial charge in [-0.2, -0.15) is 0 Å². The summed E-state index contributed by atoms with van der Waals surface area (Å²) in [7, 11) is 0. The van der Waals surface area contributed by atoms with Crippen LogP contribution in [0.3, 0.4) is 0 Å². The van der Waals surface area contributed by atoms with Crippen LogP contribution in [-0.4, -0.2) is 11.1 Å². The molecule has 7 aliphatic rings. The van der Waals surface area contributed by atoms with Crippen LogP contribution in [0.2, 0.25) is 0 Å². The summed E-state index contributed by atoms with van der Waals surface area (Å²) in [4.78, 5) is 12.0. The number of rotatable bonds is 1. The van der Waals surface area contributed by atoms with Crippen LogP contribution >= 0.6 is 0 Å². The van der Waals surface area contributed by atoms with Crippen molar-refractivity contribution in [2.45, 2.75) is 38.5 Å². The van der Waals surface area contributed by atoms with Gasteiger partial charge >= 0.3 is 5.97 Å². The highest BCUT2D eigenvalue weighted by atomic mass is 16.4. The Morgan fingerprint density at radius 2 is 1.47 bits per heavy atom. The average Bonchev–Trinajstić information content (AvgIpc) is 2.34. The van der Waals surface area contributed by atoms with E-state index in [0.29, 0.717) is 11.8 Å². The summed E-state index contributed by atoms with van der Waals surface area (Å²) in [5.74, 6) is 4.90. The van der Waals surface area contributed by atoms with Crippen molar-refractivity contribution < 1.29 is 9.90 Å². The number of hydrogen-bond acceptors (Lipinski definition) is 1.